The third-order valence-electron chi connectivity index (χ3n) is 3.66. The van der Waals surface area contributed by atoms with Gasteiger partial charge in [-0.15, -0.1) is 0 Å². The Labute approximate surface area is 111 Å². The molecule has 0 spiro atoms. The number of aliphatic hydroxyl groups is 1. The van der Waals surface area contributed by atoms with Crippen LogP contribution < -0.4 is 4.90 Å². The Bertz CT molecular complexity index is 541. The second-order valence-electron chi connectivity index (χ2n) is 5.01. The molecule has 0 radical (unpaired) electrons. The summed E-state index contributed by atoms with van der Waals surface area (Å²) in [5.41, 5.74) is 0.926. The van der Waals surface area contributed by atoms with Gasteiger partial charge in [-0.2, -0.15) is 4.68 Å². The Hall–Kier alpha value is -1.95. The minimum absolute atomic E-state index is 0.324. The molecule has 0 saturated carbocycles. The molecule has 1 N–H and O–H groups in total. The molecule has 2 atom stereocenters. The van der Waals surface area contributed by atoms with E-state index in [2.05, 4.69) is 22.4 Å². The molecule has 6 heteroatoms. The fourth-order valence-corrected chi connectivity index (χ4v) is 2.35. The maximum Gasteiger partial charge on any atom is 0.250 e. The van der Waals surface area contributed by atoms with Gasteiger partial charge in [0.25, 0.3) is 0 Å². The van der Waals surface area contributed by atoms with Crippen molar-refractivity contribution >= 4 is 5.95 Å². The molecule has 19 heavy (non-hydrogen) atoms. The van der Waals surface area contributed by atoms with Crippen molar-refractivity contribution in [2.75, 3.05) is 18.0 Å². The van der Waals surface area contributed by atoms with Crippen LogP contribution in [-0.2, 0) is 0 Å². The van der Waals surface area contributed by atoms with Gasteiger partial charge in [0.2, 0.25) is 5.95 Å². The van der Waals surface area contributed by atoms with Crippen LogP contribution in [0.25, 0.3) is 5.69 Å². The average molecular weight is 259 g/mol. The topological polar surface area (TPSA) is 67.1 Å². The second-order valence-corrected chi connectivity index (χ2v) is 5.01. The van der Waals surface area contributed by atoms with Crippen molar-refractivity contribution in [2.45, 2.75) is 19.4 Å². The number of para-hydroxylation sites is 1. The number of benzene rings is 1. The molecule has 2 unspecified atom stereocenters. The van der Waals surface area contributed by atoms with Crippen LogP contribution in [0.4, 0.5) is 5.95 Å². The zero-order valence-electron chi connectivity index (χ0n) is 10.8. The molecular formula is C13H17N5O. The molecule has 1 saturated heterocycles. The number of nitrogens with zero attached hydrogens (tertiary/aromatic N) is 5. The third-order valence-corrected chi connectivity index (χ3v) is 3.66. The van der Waals surface area contributed by atoms with Crippen LogP contribution >= 0.6 is 0 Å². The van der Waals surface area contributed by atoms with E-state index in [0.717, 1.165) is 18.7 Å². The Kier molecular flexibility index (Phi) is 3.16. The smallest absolute Gasteiger partial charge is 0.250 e. The molecule has 0 aliphatic carbocycles. The summed E-state index contributed by atoms with van der Waals surface area (Å²) in [5, 5.41) is 21.9. The zero-order valence-corrected chi connectivity index (χ0v) is 10.8. The Balaban J connectivity index is 1.89. The number of aromatic nitrogens is 4. The van der Waals surface area contributed by atoms with Crippen LogP contribution in [0.15, 0.2) is 30.3 Å². The van der Waals surface area contributed by atoms with Crippen molar-refractivity contribution in [1.82, 2.24) is 20.2 Å². The first-order chi connectivity index (χ1) is 9.25. The standard InChI is InChI=1S/C13H17N5O/c1-10-7-8-17(9-12(10)19)13-14-15-16-18(13)11-5-3-2-4-6-11/h2-6,10,12,19H,7-9H2,1H3. The van der Waals surface area contributed by atoms with Crippen molar-refractivity contribution in [1.29, 1.82) is 0 Å². The Morgan fingerprint density at radius 2 is 2.05 bits per heavy atom. The summed E-state index contributed by atoms with van der Waals surface area (Å²) in [4.78, 5) is 2.04. The van der Waals surface area contributed by atoms with Gasteiger partial charge in [-0.25, -0.2) is 0 Å². The number of piperidine rings is 1. The Morgan fingerprint density at radius 3 is 2.79 bits per heavy atom. The van der Waals surface area contributed by atoms with Gasteiger partial charge < -0.3 is 10.0 Å². The van der Waals surface area contributed by atoms with Gasteiger partial charge in [0.15, 0.2) is 0 Å². The van der Waals surface area contributed by atoms with Crippen molar-refractivity contribution < 1.29 is 5.11 Å². The minimum atomic E-state index is -0.324. The highest BCUT2D eigenvalue weighted by molar-refractivity contribution is 5.40. The quantitative estimate of drug-likeness (QED) is 0.866. The number of hydrogen-bond donors (Lipinski definition) is 1. The lowest BCUT2D eigenvalue weighted by atomic mass is 9.96. The van der Waals surface area contributed by atoms with E-state index in [1.807, 2.05) is 35.2 Å². The van der Waals surface area contributed by atoms with Gasteiger partial charge in [-0.3, -0.25) is 0 Å². The SMILES string of the molecule is CC1CCN(c2nnnn2-c2ccccc2)CC1O. The first-order valence-electron chi connectivity index (χ1n) is 6.52. The predicted molar refractivity (Wildman–Crippen MR) is 71.2 cm³/mol. The first-order valence-corrected chi connectivity index (χ1v) is 6.52. The molecule has 2 heterocycles. The van der Waals surface area contributed by atoms with E-state index in [1.54, 1.807) is 4.68 Å². The van der Waals surface area contributed by atoms with Gasteiger partial charge >= 0.3 is 0 Å². The zero-order chi connectivity index (χ0) is 13.2. The van der Waals surface area contributed by atoms with Crippen molar-refractivity contribution in [3.05, 3.63) is 30.3 Å². The van der Waals surface area contributed by atoms with Crippen LogP contribution in [0.2, 0.25) is 0 Å². The number of hydrogen-bond acceptors (Lipinski definition) is 5. The molecule has 6 nitrogen and oxygen atoms in total. The molecule has 1 aliphatic heterocycles. The maximum atomic E-state index is 9.99. The van der Waals surface area contributed by atoms with Crippen LogP contribution in [0.5, 0.6) is 0 Å². The summed E-state index contributed by atoms with van der Waals surface area (Å²) in [5.74, 6) is 1.02. The normalized spacial score (nSPS) is 23.6. The van der Waals surface area contributed by atoms with E-state index in [9.17, 15) is 5.11 Å². The highest BCUT2D eigenvalue weighted by Gasteiger charge is 2.27. The van der Waals surface area contributed by atoms with E-state index in [-0.39, 0.29) is 6.10 Å². The van der Waals surface area contributed by atoms with Crippen LogP contribution in [0.3, 0.4) is 0 Å². The van der Waals surface area contributed by atoms with Gasteiger partial charge in [0.1, 0.15) is 0 Å². The van der Waals surface area contributed by atoms with Crippen LogP contribution in [0.1, 0.15) is 13.3 Å². The van der Waals surface area contributed by atoms with E-state index in [0.29, 0.717) is 18.4 Å². The van der Waals surface area contributed by atoms with E-state index < -0.39 is 0 Å². The Morgan fingerprint density at radius 1 is 1.26 bits per heavy atom. The predicted octanol–water partition coefficient (Wildman–Crippen LogP) is 0.869. The van der Waals surface area contributed by atoms with E-state index >= 15 is 0 Å². The second kappa shape index (κ2) is 4.97. The number of tetrazole rings is 1. The average Bonchev–Trinajstić information content (AvgIpc) is 2.92. The van der Waals surface area contributed by atoms with E-state index in [4.69, 9.17) is 0 Å². The third kappa shape index (κ3) is 2.31. The number of aliphatic hydroxyl groups excluding tert-OH is 1. The minimum Gasteiger partial charge on any atom is -0.391 e. The van der Waals surface area contributed by atoms with E-state index in [1.165, 1.54) is 0 Å². The van der Waals surface area contributed by atoms with Gasteiger partial charge in [-0.05, 0) is 34.9 Å². The van der Waals surface area contributed by atoms with Gasteiger partial charge in [-0.1, -0.05) is 30.2 Å². The van der Waals surface area contributed by atoms with Crippen molar-refractivity contribution in [3.63, 3.8) is 0 Å². The van der Waals surface area contributed by atoms with Crippen LogP contribution in [-0.4, -0.2) is 44.5 Å². The summed E-state index contributed by atoms with van der Waals surface area (Å²) in [6.45, 7) is 3.52. The summed E-state index contributed by atoms with van der Waals surface area (Å²) in [6, 6.07) is 9.79. The lowest BCUT2D eigenvalue weighted by Crippen LogP contribution is -2.44. The number of anilines is 1. The molecule has 100 valence electrons. The number of β-amino-alcohol motifs (C(OH)–C–C–N with tert-alkyl or cyclic N) is 1. The largest absolute Gasteiger partial charge is 0.391 e. The molecule has 3 rings (SSSR count). The molecule has 1 aromatic heterocycles. The monoisotopic (exact) mass is 259 g/mol. The fraction of sp³-hybridized carbons (Fsp3) is 0.462. The molecule has 1 fully saturated rings. The fourth-order valence-electron chi connectivity index (χ4n) is 2.35. The maximum absolute atomic E-state index is 9.99. The molecule has 2 aromatic rings. The first kappa shape index (κ1) is 12.1. The van der Waals surface area contributed by atoms with Crippen molar-refractivity contribution in [3.8, 4) is 5.69 Å². The van der Waals surface area contributed by atoms with Crippen molar-refractivity contribution in [2.24, 2.45) is 5.92 Å². The number of rotatable bonds is 2. The highest BCUT2D eigenvalue weighted by Crippen LogP contribution is 2.22. The lowest BCUT2D eigenvalue weighted by Gasteiger charge is -2.34. The summed E-state index contributed by atoms with van der Waals surface area (Å²) >= 11 is 0. The summed E-state index contributed by atoms with van der Waals surface area (Å²) in [6.07, 6.45) is 0.623. The molecule has 0 amide bonds. The summed E-state index contributed by atoms with van der Waals surface area (Å²) < 4.78 is 1.71. The molecule has 1 aromatic carbocycles. The van der Waals surface area contributed by atoms with Crippen LogP contribution in [0, 0.1) is 5.92 Å². The molecule has 1 aliphatic rings. The lowest BCUT2D eigenvalue weighted by molar-refractivity contribution is 0.102. The van der Waals surface area contributed by atoms with Gasteiger partial charge in [0, 0.05) is 13.1 Å². The highest BCUT2D eigenvalue weighted by atomic mass is 16.3. The molecular weight excluding hydrogens is 242 g/mol. The molecule has 0 bridgehead atoms. The van der Waals surface area contributed by atoms with Gasteiger partial charge in [0.05, 0.1) is 11.8 Å². The summed E-state index contributed by atoms with van der Waals surface area (Å²) in [7, 11) is 0.